The van der Waals surface area contributed by atoms with Crippen molar-refractivity contribution in [3.63, 3.8) is 0 Å². The van der Waals surface area contributed by atoms with Gasteiger partial charge >= 0.3 is 0 Å². The molecule has 144 valence electrons. The number of nitrogens with zero attached hydrogens (tertiary/aromatic N) is 3. The van der Waals surface area contributed by atoms with Gasteiger partial charge in [-0.05, 0) is 36.8 Å². The molecule has 2 unspecified atom stereocenters. The topological polar surface area (TPSA) is 47.4 Å². The summed E-state index contributed by atoms with van der Waals surface area (Å²) in [7, 11) is 0. The van der Waals surface area contributed by atoms with Gasteiger partial charge in [0.2, 0.25) is 0 Å². The molecular weight excluding hydrogens is 381 g/mol. The maximum Gasteiger partial charge on any atom is 0.292 e. The van der Waals surface area contributed by atoms with Gasteiger partial charge in [-0.3, -0.25) is 4.79 Å². The van der Waals surface area contributed by atoms with Gasteiger partial charge in [-0.1, -0.05) is 41.9 Å². The molecule has 0 aliphatic carbocycles. The smallest absolute Gasteiger partial charge is 0.292 e. The Balaban J connectivity index is 1.65. The summed E-state index contributed by atoms with van der Waals surface area (Å²) in [5.41, 5.74) is 1.73. The van der Waals surface area contributed by atoms with Gasteiger partial charge in [-0.15, -0.1) is 0 Å². The molecule has 0 amide bonds. The number of ether oxygens (including phenoxy) is 1. The molecule has 2 atom stereocenters. The standard InChI is InChI=1S/C21H19ClFN3O2/c1-14-12-25(13-19(28-14)15-7-9-16(23)10-8-15)18-11-24-26(21(27)20(18)22)17-5-3-2-4-6-17/h2-11,14,19H,12-13H2,1H3. The largest absolute Gasteiger partial charge is 0.367 e. The number of rotatable bonds is 3. The summed E-state index contributed by atoms with van der Waals surface area (Å²) in [5, 5.41) is 4.42. The van der Waals surface area contributed by atoms with Crippen LogP contribution in [0.25, 0.3) is 5.69 Å². The van der Waals surface area contributed by atoms with E-state index in [1.807, 2.05) is 30.0 Å². The molecule has 1 aliphatic rings. The van der Waals surface area contributed by atoms with Gasteiger partial charge in [-0.25, -0.2) is 4.39 Å². The van der Waals surface area contributed by atoms with Crippen LogP contribution in [0, 0.1) is 5.82 Å². The summed E-state index contributed by atoms with van der Waals surface area (Å²) in [5.74, 6) is -0.291. The maximum atomic E-state index is 13.2. The van der Waals surface area contributed by atoms with Crippen molar-refractivity contribution < 1.29 is 9.13 Å². The molecule has 4 rings (SSSR count). The maximum absolute atomic E-state index is 13.2. The molecule has 1 aromatic heterocycles. The lowest BCUT2D eigenvalue weighted by Gasteiger charge is -2.38. The van der Waals surface area contributed by atoms with E-state index in [1.54, 1.807) is 30.5 Å². The van der Waals surface area contributed by atoms with Gasteiger partial charge in [0.15, 0.2) is 0 Å². The number of hydrogen-bond acceptors (Lipinski definition) is 4. The van der Waals surface area contributed by atoms with Crippen molar-refractivity contribution in [1.29, 1.82) is 0 Å². The molecule has 2 aromatic carbocycles. The SMILES string of the molecule is CC1CN(c2cnn(-c3ccccc3)c(=O)c2Cl)CC(c2ccc(F)cc2)O1. The molecule has 0 bridgehead atoms. The average Bonchev–Trinajstić information content (AvgIpc) is 2.70. The van der Waals surface area contributed by atoms with Crippen molar-refractivity contribution in [2.45, 2.75) is 19.1 Å². The lowest BCUT2D eigenvalue weighted by Crippen LogP contribution is -2.43. The second-order valence-corrected chi connectivity index (χ2v) is 7.17. The van der Waals surface area contributed by atoms with Gasteiger partial charge in [0.25, 0.3) is 5.56 Å². The highest BCUT2D eigenvalue weighted by molar-refractivity contribution is 6.33. The highest BCUT2D eigenvalue weighted by Crippen LogP contribution is 2.31. The monoisotopic (exact) mass is 399 g/mol. The van der Waals surface area contributed by atoms with Crippen LogP contribution in [0.1, 0.15) is 18.6 Å². The van der Waals surface area contributed by atoms with Gasteiger partial charge in [0.05, 0.1) is 23.7 Å². The number of aromatic nitrogens is 2. The summed E-state index contributed by atoms with van der Waals surface area (Å²) in [4.78, 5) is 14.8. The Kier molecular flexibility index (Phi) is 5.15. The van der Waals surface area contributed by atoms with E-state index in [0.717, 1.165) is 5.56 Å². The second-order valence-electron chi connectivity index (χ2n) is 6.79. The third-order valence-corrected chi connectivity index (χ3v) is 5.10. The quantitative estimate of drug-likeness (QED) is 0.668. The number of halogens is 2. The number of hydrogen-bond donors (Lipinski definition) is 0. The lowest BCUT2D eigenvalue weighted by molar-refractivity contribution is -0.0174. The van der Waals surface area contributed by atoms with E-state index in [-0.39, 0.29) is 28.6 Å². The van der Waals surface area contributed by atoms with Crippen LogP contribution < -0.4 is 10.5 Å². The molecule has 5 nitrogen and oxygen atoms in total. The normalized spacial score (nSPS) is 19.6. The minimum Gasteiger partial charge on any atom is -0.367 e. The fourth-order valence-corrected chi connectivity index (χ4v) is 3.66. The average molecular weight is 400 g/mol. The van der Waals surface area contributed by atoms with E-state index in [2.05, 4.69) is 5.10 Å². The first-order chi connectivity index (χ1) is 13.5. The number of anilines is 1. The Bertz CT molecular complexity index is 1020. The van der Waals surface area contributed by atoms with Gasteiger partial charge < -0.3 is 9.64 Å². The zero-order chi connectivity index (χ0) is 19.7. The van der Waals surface area contributed by atoms with Crippen molar-refractivity contribution in [3.8, 4) is 5.69 Å². The highest BCUT2D eigenvalue weighted by Gasteiger charge is 2.29. The summed E-state index contributed by atoms with van der Waals surface area (Å²) >= 11 is 6.44. The van der Waals surface area contributed by atoms with Crippen molar-refractivity contribution in [1.82, 2.24) is 9.78 Å². The molecule has 2 heterocycles. The molecule has 7 heteroatoms. The fourth-order valence-electron chi connectivity index (χ4n) is 3.41. The summed E-state index contributed by atoms with van der Waals surface area (Å²) < 4.78 is 20.5. The highest BCUT2D eigenvalue weighted by atomic mass is 35.5. The molecule has 28 heavy (non-hydrogen) atoms. The zero-order valence-corrected chi connectivity index (χ0v) is 16.0. The first-order valence-electron chi connectivity index (χ1n) is 9.02. The predicted octanol–water partition coefficient (Wildman–Crippen LogP) is 3.99. The molecule has 0 spiro atoms. The molecular formula is C21H19ClFN3O2. The number of morpholine rings is 1. The summed E-state index contributed by atoms with van der Waals surface area (Å²) in [6.45, 7) is 3.02. The van der Waals surface area contributed by atoms with E-state index in [4.69, 9.17) is 16.3 Å². The first-order valence-corrected chi connectivity index (χ1v) is 9.40. The molecule has 0 radical (unpaired) electrons. The Morgan fingerprint density at radius 2 is 1.82 bits per heavy atom. The molecule has 1 fully saturated rings. The molecule has 3 aromatic rings. The van der Waals surface area contributed by atoms with Crippen LogP contribution in [0.5, 0.6) is 0 Å². The van der Waals surface area contributed by atoms with E-state index in [9.17, 15) is 9.18 Å². The Labute approximate surface area is 166 Å². The van der Waals surface area contributed by atoms with E-state index >= 15 is 0 Å². The lowest BCUT2D eigenvalue weighted by atomic mass is 10.1. The van der Waals surface area contributed by atoms with Gasteiger partial charge in [-0.2, -0.15) is 9.78 Å². The van der Waals surface area contributed by atoms with Crippen LogP contribution in [0.3, 0.4) is 0 Å². The Morgan fingerprint density at radius 3 is 2.54 bits per heavy atom. The van der Waals surface area contributed by atoms with Crippen LogP contribution in [-0.4, -0.2) is 29.0 Å². The van der Waals surface area contributed by atoms with Crippen molar-refractivity contribution >= 4 is 17.3 Å². The molecule has 0 N–H and O–H groups in total. The van der Waals surface area contributed by atoms with Crippen LogP contribution in [0.2, 0.25) is 5.02 Å². The summed E-state index contributed by atoms with van der Waals surface area (Å²) in [6, 6.07) is 15.4. The van der Waals surface area contributed by atoms with E-state index in [0.29, 0.717) is 24.5 Å². The Morgan fingerprint density at radius 1 is 1.11 bits per heavy atom. The van der Waals surface area contributed by atoms with E-state index < -0.39 is 0 Å². The van der Waals surface area contributed by atoms with Crippen molar-refractivity contribution in [2.75, 3.05) is 18.0 Å². The third-order valence-electron chi connectivity index (χ3n) is 4.74. The van der Waals surface area contributed by atoms with Crippen LogP contribution in [-0.2, 0) is 4.74 Å². The van der Waals surface area contributed by atoms with Gasteiger partial charge in [0, 0.05) is 13.1 Å². The number of benzene rings is 2. The first kappa shape index (κ1) is 18.7. The van der Waals surface area contributed by atoms with Crippen LogP contribution in [0.4, 0.5) is 10.1 Å². The second kappa shape index (κ2) is 7.73. The summed E-state index contributed by atoms with van der Waals surface area (Å²) in [6.07, 6.45) is 1.27. The Hall–Kier alpha value is -2.70. The zero-order valence-electron chi connectivity index (χ0n) is 15.3. The minimum atomic E-state index is -0.372. The van der Waals surface area contributed by atoms with Crippen LogP contribution in [0.15, 0.2) is 65.6 Å². The predicted molar refractivity (Wildman–Crippen MR) is 107 cm³/mol. The molecule has 0 saturated carbocycles. The third kappa shape index (κ3) is 3.66. The van der Waals surface area contributed by atoms with E-state index in [1.165, 1.54) is 16.8 Å². The van der Waals surface area contributed by atoms with Crippen molar-refractivity contribution in [3.05, 3.63) is 87.6 Å². The van der Waals surface area contributed by atoms with Crippen molar-refractivity contribution in [2.24, 2.45) is 0 Å². The fraction of sp³-hybridized carbons (Fsp3) is 0.238. The van der Waals surface area contributed by atoms with Crippen LogP contribution >= 0.6 is 11.6 Å². The number of para-hydroxylation sites is 1. The minimum absolute atomic E-state index is 0.0866. The molecule has 1 aliphatic heterocycles. The molecule has 1 saturated heterocycles. The van der Waals surface area contributed by atoms with Gasteiger partial charge in [0.1, 0.15) is 16.9 Å².